The number of anilines is 2. The van der Waals surface area contributed by atoms with Crippen molar-refractivity contribution in [2.45, 2.75) is 13.3 Å². The van der Waals surface area contributed by atoms with Gasteiger partial charge in [0.1, 0.15) is 0 Å². The summed E-state index contributed by atoms with van der Waals surface area (Å²) in [6.45, 7) is 2.11. The summed E-state index contributed by atoms with van der Waals surface area (Å²) in [5.41, 5.74) is 2.93. The van der Waals surface area contributed by atoms with Crippen molar-refractivity contribution in [1.82, 2.24) is 0 Å². The molecule has 0 heterocycles. The van der Waals surface area contributed by atoms with Crippen LogP contribution in [0.5, 0.6) is 0 Å². The highest BCUT2D eigenvalue weighted by Gasteiger charge is 2.04. The van der Waals surface area contributed by atoms with Crippen LogP contribution in [0.2, 0.25) is 10.0 Å². The van der Waals surface area contributed by atoms with Crippen LogP contribution in [0.25, 0.3) is 0 Å². The van der Waals surface area contributed by atoms with E-state index in [4.69, 9.17) is 35.4 Å². The van der Waals surface area contributed by atoms with Gasteiger partial charge in [0, 0.05) is 10.7 Å². The van der Waals surface area contributed by atoms with Gasteiger partial charge in [-0.3, -0.25) is 0 Å². The standard InChI is InChI=1S/C15H14Cl2N2S/c1-2-10-4-3-5-12(8-10)18-15(20)19-14-7-6-11(16)9-13(14)17/h3-9H,2H2,1H3,(H2,18,19,20). The molecule has 2 aromatic carbocycles. The number of nitrogens with one attached hydrogen (secondary N) is 2. The highest BCUT2D eigenvalue weighted by atomic mass is 35.5. The predicted molar refractivity (Wildman–Crippen MR) is 92.1 cm³/mol. The number of hydrogen-bond acceptors (Lipinski definition) is 1. The fourth-order valence-corrected chi connectivity index (χ4v) is 2.43. The first-order chi connectivity index (χ1) is 9.58. The molecule has 2 N–H and O–H groups in total. The molecule has 5 heteroatoms. The van der Waals surface area contributed by atoms with E-state index in [-0.39, 0.29) is 0 Å². The lowest BCUT2D eigenvalue weighted by Crippen LogP contribution is -2.19. The first kappa shape index (κ1) is 15.1. The van der Waals surface area contributed by atoms with Crippen molar-refractivity contribution in [3.05, 3.63) is 58.1 Å². The quantitative estimate of drug-likeness (QED) is 0.742. The van der Waals surface area contributed by atoms with Crippen molar-refractivity contribution in [2.75, 3.05) is 10.6 Å². The summed E-state index contributed by atoms with van der Waals surface area (Å²) in [6.07, 6.45) is 0.985. The maximum absolute atomic E-state index is 6.09. The Hall–Kier alpha value is -1.29. The largest absolute Gasteiger partial charge is 0.332 e. The molecule has 0 atom stereocenters. The minimum atomic E-state index is 0.488. The third-order valence-electron chi connectivity index (χ3n) is 2.77. The summed E-state index contributed by atoms with van der Waals surface area (Å²) >= 11 is 17.2. The normalized spacial score (nSPS) is 10.2. The van der Waals surface area contributed by atoms with Crippen LogP contribution < -0.4 is 10.6 Å². The van der Waals surface area contributed by atoms with E-state index in [0.29, 0.717) is 15.2 Å². The van der Waals surface area contributed by atoms with E-state index in [1.165, 1.54) is 5.56 Å². The second-order valence-corrected chi connectivity index (χ2v) is 5.51. The Balaban J connectivity index is 2.05. The predicted octanol–water partition coefficient (Wildman–Crippen LogP) is 5.36. The van der Waals surface area contributed by atoms with Gasteiger partial charge in [-0.05, 0) is 54.5 Å². The van der Waals surface area contributed by atoms with Gasteiger partial charge in [-0.1, -0.05) is 42.3 Å². The lowest BCUT2D eigenvalue weighted by atomic mass is 10.1. The van der Waals surface area contributed by atoms with Gasteiger partial charge in [-0.15, -0.1) is 0 Å². The summed E-state index contributed by atoms with van der Waals surface area (Å²) < 4.78 is 0. The summed E-state index contributed by atoms with van der Waals surface area (Å²) in [5.74, 6) is 0. The molecule has 0 aromatic heterocycles. The third kappa shape index (κ3) is 4.10. The zero-order chi connectivity index (χ0) is 14.5. The smallest absolute Gasteiger partial charge is 0.175 e. The first-order valence-corrected chi connectivity index (χ1v) is 7.37. The van der Waals surface area contributed by atoms with Crippen LogP contribution in [0.3, 0.4) is 0 Å². The number of hydrogen-bond donors (Lipinski definition) is 2. The number of benzene rings is 2. The average Bonchev–Trinajstić information content (AvgIpc) is 2.42. The topological polar surface area (TPSA) is 24.1 Å². The van der Waals surface area contributed by atoms with Crippen LogP contribution >= 0.6 is 35.4 Å². The maximum atomic E-state index is 6.09. The van der Waals surface area contributed by atoms with Crippen molar-refractivity contribution in [1.29, 1.82) is 0 Å². The zero-order valence-corrected chi connectivity index (χ0v) is 13.2. The third-order valence-corrected chi connectivity index (χ3v) is 3.52. The monoisotopic (exact) mass is 324 g/mol. The minimum absolute atomic E-state index is 0.488. The fourth-order valence-electron chi connectivity index (χ4n) is 1.74. The lowest BCUT2D eigenvalue weighted by molar-refractivity contribution is 1.14. The van der Waals surface area contributed by atoms with Crippen LogP contribution in [0.4, 0.5) is 11.4 Å². The molecule has 0 aliphatic rings. The van der Waals surface area contributed by atoms with Crippen LogP contribution in [0, 0.1) is 0 Å². The number of rotatable bonds is 3. The van der Waals surface area contributed by atoms with Crippen molar-refractivity contribution in [3.63, 3.8) is 0 Å². The van der Waals surface area contributed by atoms with Gasteiger partial charge in [0.15, 0.2) is 5.11 Å². The molecule has 104 valence electrons. The minimum Gasteiger partial charge on any atom is -0.332 e. The summed E-state index contributed by atoms with van der Waals surface area (Å²) in [7, 11) is 0. The van der Waals surface area contributed by atoms with Crippen LogP contribution in [0.1, 0.15) is 12.5 Å². The average molecular weight is 325 g/mol. The van der Waals surface area contributed by atoms with E-state index < -0.39 is 0 Å². The summed E-state index contributed by atoms with van der Waals surface area (Å²) in [6, 6.07) is 13.3. The molecule has 0 aliphatic carbocycles. The van der Waals surface area contributed by atoms with E-state index in [2.05, 4.69) is 29.7 Å². The maximum Gasteiger partial charge on any atom is 0.175 e. The zero-order valence-electron chi connectivity index (χ0n) is 10.9. The van der Waals surface area contributed by atoms with Crippen LogP contribution in [-0.2, 0) is 6.42 Å². The molecule has 20 heavy (non-hydrogen) atoms. The van der Waals surface area contributed by atoms with Crippen LogP contribution in [0.15, 0.2) is 42.5 Å². The SMILES string of the molecule is CCc1cccc(NC(=S)Nc2ccc(Cl)cc2Cl)c1. The molecule has 0 spiro atoms. The van der Waals surface area contributed by atoms with Crippen LogP contribution in [-0.4, -0.2) is 5.11 Å². The molecular weight excluding hydrogens is 311 g/mol. The van der Waals surface area contributed by atoms with E-state index in [1.54, 1.807) is 18.2 Å². The number of halogens is 2. The van der Waals surface area contributed by atoms with E-state index in [9.17, 15) is 0 Å². The molecule has 0 unspecified atom stereocenters. The van der Waals surface area contributed by atoms with Gasteiger partial charge >= 0.3 is 0 Å². The molecule has 0 saturated heterocycles. The molecule has 0 fully saturated rings. The fraction of sp³-hybridized carbons (Fsp3) is 0.133. The Morgan fingerprint density at radius 1 is 1.10 bits per heavy atom. The lowest BCUT2D eigenvalue weighted by Gasteiger charge is -2.12. The molecular formula is C15H14Cl2N2S. The van der Waals surface area contributed by atoms with E-state index >= 15 is 0 Å². The molecule has 2 aromatic rings. The Morgan fingerprint density at radius 3 is 2.60 bits per heavy atom. The summed E-state index contributed by atoms with van der Waals surface area (Å²) in [4.78, 5) is 0. The molecule has 2 rings (SSSR count). The van der Waals surface area contributed by atoms with Gasteiger partial charge < -0.3 is 10.6 Å². The van der Waals surface area contributed by atoms with Gasteiger partial charge in [0.2, 0.25) is 0 Å². The number of aryl methyl sites for hydroxylation is 1. The Morgan fingerprint density at radius 2 is 1.90 bits per heavy atom. The van der Waals surface area contributed by atoms with Gasteiger partial charge in [0.25, 0.3) is 0 Å². The molecule has 0 amide bonds. The molecule has 0 aliphatic heterocycles. The van der Waals surface area contributed by atoms with Gasteiger partial charge in [-0.2, -0.15) is 0 Å². The molecule has 0 saturated carbocycles. The van der Waals surface area contributed by atoms with Crippen molar-refractivity contribution < 1.29 is 0 Å². The molecule has 0 radical (unpaired) electrons. The highest BCUT2D eigenvalue weighted by Crippen LogP contribution is 2.25. The van der Waals surface area contributed by atoms with E-state index in [1.807, 2.05) is 12.1 Å². The molecule has 0 bridgehead atoms. The second kappa shape index (κ2) is 6.93. The highest BCUT2D eigenvalue weighted by molar-refractivity contribution is 7.80. The van der Waals surface area contributed by atoms with Gasteiger partial charge in [-0.25, -0.2) is 0 Å². The van der Waals surface area contributed by atoms with Crippen molar-refractivity contribution in [2.24, 2.45) is 0 Å². The number of thiocarbonyl (C=S) groups is 1. The Kier molecular flexibility index (Phi) is 5.24. The Labute approximate surface area is 134 Å². The van der Waals surface area contributed by atoms with Gasteiger partial charge in [0.05, 0.1) is 10.7 Å². The molecule has 2 nitrogen and oxygen atoms in total. The van der Waals surface area contributed by atoms with E-state index in [0.717, 1.165) is 17.8 Å². The second-order valence-electron chi connectivity index (χ2n) is 4.26. The first-order valence-electron chi connectivity index (χ1n) is 6.20. The summed E-state index contributed by atoms with van der Waals surface area (Å²) in [5, 5.41) is 7.80. The Bertz CT molecular complexity index is 629. The van der Waals surface area contributed by atoms with Crippen molar-refractivity contribution >= 4 is 51.9 Å². The van der Waals surface area contributed by atoms with Crippen molar-refractivity contribution in [3.8, 4) is 0 Å².